The summed E-state index contributed by atoms with van der Waals surface area (Å²) in [5, 5.41) is 7.60. The molecule has 118 valence electrons. The molecule has 3 aromatic rings. The largest absolute Gasteiger partial charge is 0.496 e. The first kappa shape index (κ1) is 15.0. The third kappa shape index (κ3) is 3.45. The van der Waals surface area contributed by atoms with E-state index in [9.17, 15) is 4.79 Å². The maximum Gasteiger partial charge on any atom is 0.319 e. The Morgan fingerprint density at radius 2 is 1.91 bits per heavy atom. The van der Waals surface area contributed by atoms with E-state index in [1.54, 1.807) is 13.4 Å². The van der Waals surface area contributed by atoms with Crippen molar-refractivity contribution < 1.29 is 13.9 Å². The number of fused-ring (bicyclic) bond motifs is 1. The molecule has 0 unspecified atom stereocenters. The molecular formula is C18H18N2O3. The predicted octanol–water partition coefficient (Wildman–Crippen LogP) is 3.81. The summed E-state index contributed by atoms with van der Waals surface area (Å²) in [4.78, 5) is 12.1. The number of ether oxygens (including phenoxy) is 1. The van der Waals surface area contributed by atoms with Crippen LogP contribution in [0.3, 0.4) is 0 Å². The zero-order valence-electron chi connectivity index (χ0n) is 12.8. The van der Waals surface area contributed by atoms with Gasteiger partial charge in [0.25, 0.3) is 0 Å². The van der Waals surface area contributed by atoms with Crippen LogP contribution >= 0.6 is 0 Å². The first-order valence-electron chi connectivity index (χ1n) is 7.41. The van der Waals surface area contributed by atoms with Crippen molar-refractivity contribution in [2.45, 2.75) is 6.42 Å². The van der Waals surface area contributed by atoms with E-state index in [0.29, 0.717) is 13.0 Å². The molecule has 1 heterocycles. The number of methoxy groups -OCH3 is 1. The highest BCUT2D eigenvalue weighted by molar-refractivity contribution is 6.03. The SMILES string of the molecule is COc1ccc(NC(=O)NCCc2ccco2)c2ccccc12. The molecule has 0 bridgehead atoms. The van der Waals surface area contributed by atoms with Crippen molar-refractivity contribution in [2.75, 3.05) is 19.0 Å². The van der Waals surface area contributed by atoms with Crippen LogP contribution in [0.1, 0.15) is 5.76 Å². The second kappa shape index (κ2) is 6.87. The molecule has 0 atom stereocenters. The second-order valence-corrected chi connectivity index (χ2v) is 5.07. The number of rotatable bonds is 5. The monoisotopic (exact) mass is 310 g/mol. The molecule has 23 heavy (non-hydrogen) atoms. The summed E-state index contributed by atoms with van der Waals surface area (Å²) < 4.78 is 10.6. The number of carbonyl (C=O) groups is 1. The lowest BCUT2D eigenvalue weighted by Gasteiger charge is -2.12. The topological polar surface area (TPSA) is 63.5 Å². The smallest absolute Gasteiger partial charge is 0.319 e. The molecule has 0 aliphatic rings. The van der Waals surface area contributed by atoms with E-state index >= 15 is 0 Å². The third-order valence-electron chi connectivity index (χ3n) is 3.59. The highest BCUT2D eigenvalue weighted by Crippen LogP contribution is 2.31. The van der Waals surface area contributed by atoms with E-state index in [0.717, 1.165) is 28.0 Å². The summed E-state index contributed by atoms with van der Waals surface area (Å²) in [5.74, 6) is 1.63. The lowest BCUT2D eigenvalue weighted by Crippen LogP contribution is -2.30. The number of nitrogens with one attached hydrogen (secondary N) is 2. The minimum Gasteiger partial charge on any atom is -0.496 e. The van der Waals surface area contributed by atoms with Gasteiger partial charge in [-0.3, -0.25) is 0 Å². The Morgan fingerprint density at radius 3 is 2.65 bits per heavy atom. The van der Waals surface area contributed by atoms with Gasteiger partial charge in [0, 0.05) is 23.7 Å². The number of amides is 2. The Morgan fingerprint density at radius 1 is 1.09 bits per heavy atom. The number of carbonyl (C=O) groups excluding carboxylic acids is 1. The Hall–Kier alpha value is -2.95. The lowest BCUT2D eigenvalue weighted by molar-refractivity contribution is 0.252. The normalized spacial score (nSPS) is 10.5. The van der Waals surface area contributed by atoms with Gasteiger partial charge in [-0.05, 0) is 24.3 Å². The van der Waals surface area contributed by atoms with Crippen molar-refractivity contribution in [1.82, 2.24) is 5.32 Å². The fourth-order valence-corrected chi connectivity index (χ4v) is 2.48. The Balaban J connectivity index is 1.67. The molecule has 5 nitrogen and oxygen atoms in total. The zero-order chi connectivity index (χ0) is 16.1. The highest BCUT2D eigenvalue weighted by atomic mass is 16.5. The van der Waals surface area contributed by atoms with Gasteiger partial charge in [-0.1, -0.05) is 24.3 Å². The van der Waals surface area contributed by atoms with Crippen LogP contribution in [0.4, 0.5) is 10.5 Å². The number of hydrogen-bond donors (Lipinski definition) is 2. The summed E-state index contributed by atoms with van der Waals surface area (Å²) in [6.07, 6.45) is 2.28. The standard InChI is InChI=1S/C18H18N2O3/c1-22-17-9-8-16(14-6-2-3-7-15(14)17)20-18(21)19-11-10-13-5-4-12-23-13/h2-9,12H,10-11H2,1H3,(H2,19,20,21). The number of furan rings is 1. The molecule has 2 aromatic carbocycles. The highest BCUT2D eigenvalue weighted by Gasteiger charge is 2.08. The molecule has 0 radical (unpaired) electrons. The van der Waals surface area contributed by atoms with Gasteiger partial charge in [0.1, 0.15) is 11.5 Å². The molecule has 0 saturated carbocycles. The number of hydrogen-bond acceptors (Lipinski definition) is 3. The van der Waals surface area contributed by atoms with Crippen LogP contribution in [0.15, 0.2) is 59.2 Å². The molecule has 5 heteroatoms. The minimum absolute atomic E-state index is 0.244. The van der Waals surface area contributed by atoms with Gasteiger partial charge in [0.2, 0.25) is 0 Å². The minimum atomic E-state index is -0.244. The maximum absolute atomic E-state index is 12.1. The first-order valence-corrected chi connectivity index (χ1v) is 7.41. The maximum atomic E-state index is 12.1. The fraction of sp³-hybridized carbons (Fsp3) is 0.167. The molecular weight excluding hydrogens is 292 g/mol. The predicted molar refractivity (Wildman–Crippen MR) is 89.9 cm³/mol. The van der Waals surface area contributed by atoms with Gasteiger partial charge in [-0.2, -0.15) is 0 Å². The second-order valence-electron chi connectivity index (χ2n) is 5.07. The van der Waals surface area contributed by atoms with E-state index < -0.39 is 0 Å². The van der Waals surface area contributed by atoms with Crippen molar-refractivity contribution in [3.63, 3.8) is 0 Å². The summed E-state index contributed by atoms with van der Waals surface area (Å²) in [7, 11) is 1.64. The van der Waals surface area contributed by atoms with Gasteiger partial charge in [-0.15, -0.1) is 0 Å². The van der Waals surface area contributed by atoms with Crippen LogP contribution < -0.4 is 15.4 Å². The van der Waals surface area contributed by atoms with Gasteiger partial charge in [0.15, 0.2) is 0 Å². The van der Waals surface area contributed by atoms with E-state index in [1.165, 1.54) is 0 Å². The molecule has 3 rings (SSSR count). The van der Waals surface area contributed by atoms with E-state index in [4.69, 9.17) is 9.15 Å². The van der Waals surface area contributed by atoms with Crippen molar-refractivity contribution in [2.24, 2.45) is 0 Å². The van der Waals surface area contributed by atoms with Gasteiger partial charge in [0.05, 0.1) is 19.1 Å². The first-order chi connectivity index (χ1) is 11.3. The average molecular weight is 310 g/mol. The lowest BCUT2D eigenvalue weighted by atomic mass is 10.1. The quantitative estimate of drug-likeness (QED) is 0.753. The number of urea groups is 1. The molecule has 0 aliphatic carbocycles. The third-order valence-corrected chi connectivity index (χ3v) is 3.59. The number of anilines is 1. The fourth-order valence-electron chi connectivity index (χ4n) is 2.48. The Bertz CT molecular complexity index is 797. The number of benzene rings is 2. The molecule has 1 aromatic heterocycles. The molecule has 2 amide bonds. The van der Waals surface area contributed by atoms with E-state index in [2.05, 4.69) is 10.6 Å². The molecule has 0 fully saturated rings. The van der Waals surface area contributed by atoms with Crippen LogP contribution in [0.2, 0.25) is 0 Å². The van der Waals surface area contributed by atoms with Gasteiger partial charge >= 0.3 is 6.03 Å². The molecule has 2 N–H and O–H groups in total. The summed E-state index contributed by atoms with van der Waals surface area (Å²) >= 11 is 0. The summed E-state index contributed by atoms with van der Waals surface area (Å²) in [6, 6.07) is 15.0. The summed E-state index contributed by atoms with van der Waals surface area (Å²) in [6.45, 7) is 0.507. The van der Waals surface area contributed by atoms with E-state index in [-0.39, 0.29) is 6.03 Å². The van der Waals surface area contributed by atoms with Crippen molar-refractivity contribution in [3.05, 3.63) is 60.6 Å². The van der Waals surface area contributed by atoms with Crippen LogP contribution in [0.25, 0.3) is 10.8 Å². The zero-order valence-corrected chi connectivity index (χ0v) is 12.8. The van der Waals surface area contributed by atoms with E-state index in [1.807, 2.05) is 48.5 Å². The van der Waals surface area contributed by atoms with Crippen LogP contribution in [0, 0.1) is 0 Å². The Kier molecular flexibility index (Phi) is 4.47. The van der Waals surface area contributed by atoms with Crippen molar-refractivity contribution in [1.29, 1.82) is 0 Å². The average Bonchev–Trinajstić information content (AvgIpc) is 3.08. The molecule has 0 saturated heterocycles. The van der Waals surface area contributed by atoms with Gasteiger partial charge < -0.3 is 19.8 Å². The van der Waals surface area contributed by atoms with Crippen LogP contribution in [-0.2, 0) is 6.42 Å². The molecule has 0 aliphatic heterocycles. The molecule has 0 spiro atoms. The Labute approximate surface area is 134 Å². The van der Waals surface area contributed by atoms with Crippen LogP contribution in [0.5, 0.6) is 5.75 Å². The van der Waals surface area contributed by atoms with Crippen molar-refractivity contribution >= 4 is 22.5 Å². The van der Waals surface area contributed by atoms with Gasteiger partial charge in [-0.25, -0.2) is 4.79 Å². The van der Waals surface area contributed by atoms with Crippen LogP contribution in [-0.4, -0.2) is 19.7 Å². The summed E-state index contributed by atoms with van der Waals surface area (Å²) in [5.41, 5.74) is 0.747. The van der Waals surface area contributed by atoms with Crippen molar-refractivity contribution in [3.8, 4) is 5.75 Å².